The van der Waals surface area contributed by atoms with Crippen LogP contribution in [-0.2, 0) is 6.54 Å². The number of hydrogen-bond donors (Lipinski definition) is 2. The minimum Gasteiger partial charge on any atom is -0.359 e. The smallest absolute Gasteiger partial charge is 0.190 e. The molecule has 1 rings (SSSR count). The highest BCUT2D eigenvalue weighted by molar-refractivity contribution is 5.79. The Hall–Kier alpha value is -1.52. The first-order valence-electron chi connectivity index (χ1n) is 5.12. The molecule has 0 bridgehead atoms. The Morgan fingerprint density at radius 3 is 2.93 bits per heavy atom. The van der Waals surface area contributed by atoms with Gasteiger partial charge in [-0.2, -0.15) is 5.10 Å². The van der Waals surface area contributed by atoms with Gasteiger partial charge in [0, 0.05) is 39.6 Å². The van der Waals surface area contributed by atoms with Crippen LogP contribution in [0.2, 0.25) is 0 Å². The molecule has 0 saturated heterocycles. The summed E-state index contributed by atoms with van der Waals surface area (Å²) in [7, 11) is 3.62. The fourth-order valence-electron chi connectivity index (χ4n) is 1.34. The van der Waals surface area contributed by atoms with Gasteiger partial charge in [0.2, 0.25) is 0 Å². The van der Waals surface area contributed by atoms with Crippen LogP contribution in [0, 0.1) is 5.92 Å². The van der Waals surface area contributed by atoms with E-state index in [1.54, 1.807) is 13.2 Å². The Morgan fingerprint density at radius 1 is 1.60 bits per heavy atom. The largest absolute Gasteiger partial charge is 0.359 e. The Balaban J connectivity index is 2.27. The fourth-order valence-corrected chi connectivity index (χ4v) is 1.34. The molecule has 84 valence electrons. The number of hydrogen-bond acceptors (Lipinski definition) is 2. The molecule has 5 heteroatoms. The van der Waals surface area contributed by atoms with Crippen molar-refractivity contribution in [2.45, 2.75) is 13.5 Å². The van der Waals surface area contributed by atoms with Crippen molar-refractivity contribution in [3.05, 3.63) is 18.5 Å². The monoisotopic (exact) mass is 209 g/mol. The van der Waals surface area contributed by atoms with Crippen LogP contribution in [-0.4, -0.2) is 36.4 Å². The lowest BCUT2D eigenvalue weighted by atomic mass is 10.2. The number of aromatic nitrogens is 2. The highest BCUT2D eigenvalue weighted by Crippen LogP contribution is 1.97. The van der Waals surface area contributed by atoms with Crippen LogP contribution >= 0.6 is 0 Å². The van der Waals surface area contributed by atoms with E-state index < -0.39 is 0 Å². The van der Waals surface area contributed by atoms with Gasteiger partial charge in [0.1, 0.15) is 0 Å². The summed E-state index contributed by atoms with van der Waals surface area (Å²) in [5.74, 6) is 1.33. The van der Waals surface area contributed by atoms with E-state index in [0.29, 0.717) is 5.92 Å². The average Bonchev–Trinajstić information content (AvgIpc) is 2.72. The second-order valence-electron chi connectivity index (χ2n) is 3.54. The van der Waals surface area contributed by atoms with E-state index in [-0.39, 0.29) is 0 Å². The van der Waals surface area contributed by atoms with Crippen LogP contribution < -0.4 is 10.6 Å². The zero-order valence-electron chi connectivity index (χ0n) is 9.57. The number of nitrogens with one attached hydrogen (secondary N) is 2. The molecule has 0 fully saturated rings. The van der Waals surface area contributed by atoms with Crippen LogP contribution in [0.3, 0.4) is 0 Å². The molecule has 1 aromatic rings. The van der Waals surface area contributed by atoms with E-state index >= 15 is 0 Å². The summed E-state index contributed by atoms with van der Waals surface area (Å²) in [4.78, 5) is 4.05. The van der Waals surface area contributed by atoms with Crippen LogP contribution in [0.5, 0.6) is 0 Å². The van der Waals surface area contributed by atoms with E-state index in [9.17, 15) is 0 Å². The van der Waals surface area contributed by atoms with Crippen LogP contribution in [0.1, 0.15) is 6.92 Å². The number of guanidine groups is 1. The zero-order valence-corrected chi connectivity index (χ0v) is 9.57. The summed E-state index contributed by atoms with van der Waals surface area (Å²) in [6, 6.07) is 1.94. The zero-order chi connectivity index (χ0) is 11.1. The second kappa shape index (κ2) is 6.06. The van der Waals surface area contributed by atoms with Gasteiger partial charge in [-0.3, -0.25) is 9.67 Å². The molecule has 2 N–H and O–H groups in total. The van der Waals surface area contributed by atoms with Gasteiger partial charge in [-0.05, 0) is 12.0 Å². The van der Waals surface area contributed by atoms with Crippen molar-refractivity contribution >= 4 is 5.96 Å². The van der Waals surface area contributed by atoms with Gasteiger partial charge in [-0.15, -0.1) is 0 Å². The Bertz CT molecular complexity index is 291. The number of aliphatic imine (C=N–C) groups is 1. The average molecular weight is 209 g/mol. The topological polar surface area (TPSA) is 54.2 Å². The van der Waals surface area contributed by atoms with Crippen molar-refractivity contribution in [3.8, 4) is 0 Å². The number of rotatable bonds is 4. The van der Waals surface area contributed by atoms with Gasteiger partial charge < -0.3 is 10.6 Å². The van der Waals surface area contributed by atoms with Gasteiger partial charge in [-0.25, -0.2) is 0 Å². The summed E-state index contributed by atoms with van der Waals surface area (Å²) < 4.78 is 1.94. The predicted octanol–water partition coefficient (Wildman–Crippen LogP) is 0.314. The van der Waals surface area contributed by atoms with Gasteiger partial charge in [0.25, 0.3) is 0 Å². The maximum atomic E-state index is 4.17. The lowest BCUT2D eigenvalue weighted by Gasteiger charge is -2.14. The van der Waals surface area contributed by atoms with E-state index in [0.717, 1.165) is 19.0 Å². The molecule has 0 aliphatic carbocycles. The molecular formula is C10H19N5. The van der Waals surface area contributed by atoms with Crippen LogP contribution in [0.15, 0.2) is 23.5 Å². The minimum atomic E-state index is 0.509. The van der Waals surface area contributed by atoms with E-state index in [1.807, 2.05) is 24.0 Å². The SMILES string of the molecule is CN=C(NC)NCC(C)Cn1cccn1. The third-order valence-corrected chi connectivity index (χ3v) is 2.14. The van der Waals surface area contributed by atoms with E-state index in [2.05, 4.69) is 27.6 Å². The predicted molar refractivity (Wildman–Crippen MR) is 61.8 cm³/mol. The summed E-state index contributed by atoms with van der Waals surface area (Å²) in [5.41, 5.74) is 0. The second-order valence-corrected chi connectivity index (χ2v) is 3.54. The molecule has 1 heterocycles. The first-order valence-corrected chi connectivity index (χ1v) is 5.12. The molecule has 0 aliphatic rings. The third kappa shape index (κ3) is 4.01. The Morgan fingerprint density at radius 2 is 2.40 bits per heavy atom. The van der Waals surface area contributed by atoms with Crippen molar-refractivity contribution in [3.63, 3.8) is 0 Å². The van der Waals surface area contributed by atoms with Gasteiger partial charge >= 0.3 is 0 Å². The molecule has 1 atom stereocenters. The summed E-state index contributed by atoms with van der Waals surface area (Å²) in [6.45, 7) is 3.98. The molecule has 0 saturated carbocycles. The molecule has 0 spiro atoms. The lowest BCUT2D eigenvalue weighted by molar-refractivity contribution is 0.444. The summed E-state index contributed by atoms with van der Waals surface area (Å²) >= 11 is 0. The molecule has 0 aromatic carbocycles. The van der Waals surface area contributed by atoms with Crippen LogP contribution in [0.25, 0.3) is 0 Å². The van der Waals surface area contributed by atoms with Crippen LogP contribution in [0.4, 0.5) is 0 Å². The Kier molecular flexibility index (Phi) is 4.66. The van der Waals surface area contributed by atoms with Crippen molar-refractivity contribution < 1.29 is 0 Å². The maximum Gasteiger partial charge on any atom is 0.190 e. The van der Waals surface area contributed by atoms with E-state index in [4.69, 9.17) is 0 Å². The summed E-state index contributed by atoms with van der Waals surface area (Å²) in [5, 5.41) is 10.4. The first-order chi connectivity index (χ1) is 7.26. The quantitative estimate of drug-likeness (QED) is 0.554. The van der Waals surface area contributed by atoms with Crippen molar-refractivity contribution in [1.29, 1.82) is 0 Å². The number of nitrogens with zero attached hydrogens (tertiary/aromatic N) is 3. The Labute approximate surface area is 90.6 Å². The molecule has 5 nitrogen and oxygen atoms in total. The highest BCUT2D eigenvalue weighted by Gasteiger charge is 2.03. The van der Waals surface area contributed by atoms with Crippen molar-refractivity contribution in [1.82, 2.24) is 20.4 Å². The first kappa shape index (κ1) is 11.6. The third-order valence-electron chi connectivity index (χ3n) is 2.14. The molecule has 0 radical (unpaired) electrons. The standard InChI is InChI=1S/C10H19N5/c1-9(7-13-10(11-2)12-3)8-15-6-4-5-14-15/h4-6,9H,7-8H2,1-3H3,(H2,11,12,13). The minimum absolute atomic E-state index is 0.509. The van der Waals surface area contributed by atoms with Gasteiger partial charge in [0.15, 0.2) is 5.96 Å². The molecule has 0 aliphatic heterocycles. The van der Waals surface area contributed by atoms with Gasteiger partial charge in [-0.1, -0.05) is 6.92 Å². The molecule has 0 amide bonds. The van der Waals surface area contributed by atoms with E-state index in [1.165, 1.54) is 0 Å². The van der Waals surface area contributed by atoms with Crippen molar-refractivity contribution in [2.24, 2.45) is 10.9 Å². The van der Waals surface area contributed by atoms with Gasteiger partial charge in [0.05, 0.1) is 0 Å². The maximum absolute atomic E-state index is 4.17. The normalized spacial score (nSPS) is 13.7. The molecule has 1 aromatic heterocycles. The van der Waals surface area contributed by atoms with Crippen molar-refractivity contribution in [2.75, 3.05) is 20.6 Å². The summed E-state index contributed by atoms with van der Waals surface area (Å²) in [6.07, 6.45) is 3.77. The molecular weight excluding hydrogens is 190 g/mol. The fraction of sp³-hybridized carbons (Fsp3) is 0.600. The highest BCUT2D eigenvalue weighted by atomic mass is 15.3. The molecule has 1 unspecified atom stereocenters. The molecule has 15 heavy (non-hydrogen) atoms. The lowest BCUT2D eigenvalue weighted by Crippen LogP contribution is -2.37.